The monoisotopic (exact) mass is 266 g/mol. The Bertz CT molecular complexity index is 640. The topological polar surface area (TPSA) is 49.4 Å². The minimum absolute atomic E-state index is 0.173. The van der Waals surface area contributed by atoms with Gasteiger partial charge in [-0.25, -0.2) is 5.01 Å². The van der Waals surface area contributed by atoms with E-state index in [-0.39, 0.29) is 11.9 Å². The Labute approximate surface area is 117 Å². The van der Waals surface area contributed by atoms with Crippen LogP contribution in [-0.4, -0.2) is 17.3 Å². The summed E-state index contributed by atoms with van der Waals surface area (Å²) in [6.07, 6.45) is 1.23. The van der Waals surface area contributed by atoms with Crippen molar-refractivity contribution in [3.8, 4) is 0 Å². The molecule has 20 heavy (non-hydrogen) atoms. The summed E-state index contributed by atoms with van der Waals surface area (Å²) in [6.45, 7) is 0. The molecule has 0 aromatic heterocycles. The second-order valence-corrected chi connectivity index (χ2v) is 4.71. The van der Waals surface area contributed by atoms with E-state index in [1.165, 1.54) is 5.01 Å². The minimum atomic E-state index is -0.177. The number of amides is 2. The third-order valence-electron chi connectivity index (χ3n) is 3.57. The molecule has 0 bridgehead atoms. The predicted molar refractivity (Wildman–Crippen MR) is 74.7 cm³/mol. The van der Waals surface area contributed by atoms with Crippen molar-refractivity contribution >= 4 is 12.3 Å². The number of rotatable bonds is 3. The van der Waals surface area contributed by atoms with E-state index < -0.39 is 0 Å². The SMILES string of the molecule is O=CNN1C(=O)c2ccccc2CC1c1ccccc1. The highest BCUT2D eigenvalue weighted by molar-refractivity contribution is 5.97. The van der Waals surface area contributed by atoms with Crippen LogP contribution in [0.25, 0.3) is 0 Å². The number of carbonyl (C=O) groups is 2. The van der Waals surface area contributed by atoms with Crippen molar-refractivity contribution in [3.63, 3.8) is 0 Å². The first-order chi connectivity index (χ1) is 9.81. The first kappa shape index (κ1) is 12.4. The third-order valence-corrected chi connectivity index (χ3v) is 3.57. The number of fused-ring (bicyclic) bond motifs is 1. The molecule has 2 aromatic rings. The number of hydrogen-bond donors (Lipinski definition) is 1. The van der Waals surface area contributed by atoms with E-state index in [4.69, 9.17) is 0 Å². The predicted octanol–water partition coefficient (Wildman–Crippen LogP) is 2.09. The van der Waals surface area contributed by atoms with E-state index in [1.807, 2.05) is 48.5 Å². The highest BCUT2D eigenvalue weighted by atomic mass is 16.2. The second kappa shape index (κ2) is 5.17. The van der Waals surface area contributed by atoms with E-state index in [2.05, 4.69) is 5.43 Å². The summed E-state index contributed by atoms with van der Waals surface area (Å²) in [4.78, 5) is 23.3. The summed E-state index contributed by atoms with van der Waals surface area (Å²) < 4.78 is 0. The van der Waals surface area contributed by atoms with Crippen molar-refractivity contribution in [1.82, 2.24) is 10.4 Å². The lowest BCUT2D eigenvalue weighted by Gasteiger charge is -2.35. The highest BCUT2D eigenvalue weighted by Crippen LogP contribution is 2.31. The smallest absolute Gasteiger partial charge is 0.273 e. The molecule has 0 fully saturated rings. The Morgan fingerprint density at radius 2 is 1.75 bits per heavy atom. The maximum Gasteiger partial charge on any atom is 0.273 e. The van der Waals surface area contributed by atoms with Gasteiger partial charge in [0, 0.05) is 5.56 Å². The number of hydrazine groups is 1. The van der Waals surface area contributed by atoms with Crippen LogP contribution in [0.3, 0.4) is 0 Å². The number of nitrogens with zero attached hydrogens (tertiary/aromatic N) is 1. The van der Waals surface area contributed by atoms with Gasteiger partial charge in [0.25, 0.3) is 5.91 Å². The minimum Gasteiger partial charge on any atom is -0.277 e. The molecule has 3 rings (SSSR count). The first-order valence-corrected chi connectivity index (χ1v) is 6.47. The van der Waals surface area contributed by atoms with Crippen LogP contribution in [0.1, 0.15) is 27.5 Å². The van der Waals surface area contributed by atoms with E-state index >= 15 is 0 Å². The molecule has 1 aliphatic heterocycles. The largest absolute Gasteiger partial charge is 0.277 e. The first-order valence-electron chi connectivity index (χ1n) is 6.47. The summed E-state index contributed by atoms with van der Waals surface area (Å²) in [5.41, 5.74) is 5.19. The van der Waals surface area contributed by atoms with Crippen molar-refractivity contribution in [1.29, 1.82) is 0 Å². The quantitative estimate of drug-likeness (QED) is 0.865. The number of carbonyl (C=O) groups excluding carboxylic acids is 2. The maximum atomic E-state index is 12.5. The maximum absolute atomic E-state index is 12.5. The molecule has 1 aliphatic rings. The lowest BCUT2D eigenvalue weighted by atomic mass is 9.90. The van der Waals surface area contributed by atoms with Crippen LogP contribution in [-0.2, 0) is 11.2 Å². The van der Waals surface area contributed by atoms with E-state index in [1.54, 1.807) is 6.07 Å². The van der Waals surface area contributed by atoms with Gasteiger partial charge in [0.05, 0.1) is 6.04 Å². The molecule has 1 atom stereocenters. The van der Waals surface area contributed by atoms with Gasteiger partial charge in [0.1, 0.15) is 0 Å². The molecule has 0 radical (unpaired) electrons. The van der Waals surface area contributed by atoms with Crippen molar-refractivity contribution in [2.45, 2.75) is 12.5 Å². The summed E-state index contributed by atoms with van der Waals surface area (Å²) in [7, 11) is 0. The second-order valence-electron chi connectivity index (χ2n) is 4.71. The molecule has 2 amide bonds. The molecule has 0 saturated carbocycles. The van der Waals surface area contributed by atoms with Crippen LogP contribution in [0.5, 0.6) is 0 Å². The molecule has 1 N–H and O–H groups in total. The molecule has 4 nitrogen and oxygen atoms in total. The molecule has 100 valence electrons. The van der Waals surface area contributed by atoms with Gasteiger partial charge < -0.3 is 0 Å². The number of nitrogens with one attached hydrogen (secondary N) is 1. The molecule has 1 heterocycles. The van der Waals surface area contributed by atoms with Crippen LogP contribution in [0, 0.1) is 0 Å². The lowest BCUT2D eigenvalue weighted by Crippen LogP contribution is -2.48. The van der Waals surface area contributed by atoms with Gasteiger partial charge in [-0.2, -0.15) is 0 Å². The fraction of sp³-hybridized carbons (Fsp3) is 0.125. The van der Waals surface area contributed by atoms with Gasteiger partial charge in [-0.3, -0.25) is 15.0 Å². The zero-order valence-corrected chi connectivity index (χ0v) is 10.8. The average molecular weight is 266 g/mol. The standard InChI is InChI=1S/C16H14N2O2/c19-11-17-18-15(12-6-2-1-3-7-12)10-13-8-4-5-9-14(13)16(18)20/h1-9,11,15H,10H2,(H,17,19). The van der Waals surface area contributed by atoms with Crippen LogP contribution < -0.4 is 5.43 Å². The molecular weight excluding hydrogens is 252 g/mol. The van der Waals surface area contributed by atoms with E-state index in [0.717, 1.165) is 11.1 Å². The van der Waals surface area contributed by atoms with Gasteiger partial charge in [-0.1, -0.05) is 48.5 Å². The van der Waals surface area contributed by atoms with Crippen LogP contribution in [0.15, 0.2) is 54.6 Å². The van der Waals surface area contributed by atoms with E-state index in [0.29, 0.717) is 18.4 Å². The fourth-order valence-corrected chi connectivity index (χ4v) is 2.63. The number of benzene rings is 2. The summed E-state index contributed by atoms with van der Waals surface area (Å²) in [6, 6.07) is 17.0. The van der Waals surface area contributed by atoms with Gasteiger partial charge in [0.2, 0.25) is 6.41 Å². The van der Waals surface area contributed by atoms with Gasteiger partial charge in [-0.15, -0.1) is 0 Å². The molecule has 0 saturated heterocycles. The van der Waals surface area contributed by atoms with Crippen LogP contribution in [0.2, 0.25) is 0 Å². The Morgan fingerprint density at radius 1 is 1.05 bits per heavy atom. The Hall–Kier alpha value is -2.62. The molecule has 0 spiro atoms. The summed E-state index contributed by atoms with van der Waals surface area (Å²) >= 11 is 0. The van der Waals surface area contributed by atoms with Crippen LogP contribution in [0.4, 0.5) is 0 Å². The average Bonchev–Trinajstić information content (AvgIpc) is 2.51. The lowest BCUT2D eigenvalue weighted by molar-refractivity contribution is -0.113. The Morgan fingerprint density at radius 3 is 2.50 bits per heavy atom. The molecule has 4 heteroatoms. The normalized spacial score (nSPS) is 17.5. The van der Waals surface area contributed by atoms with Gasteiger partial charge in [0.15, 0.2) is 0 Å². The molecule has 1 unspecified atom stereocenters. The van der Waals surface area contributed by atoms with Gasteiger partial charge in [-0.05, 0) is 23.6 Å². The van der Waals surface area contributed by atoms with Crippen molar-refractivity contribution in [2.24, 2.45) is 0 Å². The number of hydrogen-bond acceptors (Lipinski definition) is 2. The van der Waals surface area contributed by atoms with Crippen molar-refractivity contribution in [2.75, 3.05) is 0 Å². The third kappa shape index (κ3) is 2.05. The molecular formula is C16H14N2O2. The Balaban J connectivity index is 2.05. The highest BCUT2D eigenvalue weighted by Gasteiger charge is 2.33. The zero-order chi connectivity index (χ0) is 13.9. The Kier molecular flexibility index (Phi) is 3.21. The zero-order valence-electron chi connectivity index (χ0n) is 10.8. The summed E-state index contributed by atoms with van der Waals surface area (Å²) in [5.74, 6) is -0.173. The molecule has 2 aromatic carbocycles. The molecule has 0 aliphatic carbocycles. The van der Waals surface area contributed by atoms with Crippen molar-refractivity contribution in [3.05, 3.63) is 71.3 Å². The van der Waals surface area contributed by atoms with E-state index in [9.17, 15) is 9.59 Å². The van der Waals surface area contributed by atoms with Crippen LogP contribution >= 0.6 is 0 Å². The summed E-state index contributed by atoms with van der Waals surface area (Å²) in [5, 5.41) is 1.41. The van der Waals surface area contributed by atoms with Crippen molar-refractivity contribution < 1.29 is 9.59 Å². The fourth-order valence-electron chi connectivity index (χ4n) is 2.63. The van der Waals surface area contributed by atoms with Gasteiger partial charge >= 0.3 is 0 Å².